The highest BCUT2D eigenvalue weighted by Gasteiger charge is 2.35. The van der Waals surface area contributed by atoms with E-state index in [0.29, 0.717) is 11.5 Å². The summed E-state index contributed by atoms with van der Waals surface area (Å²) in [4.78, 5) is 4.67. The minimum atomic E-state index is -4.26. The van der Waals surface area contributed by atoms with Gasteiger partial charge in [0.15, 0.2) is 0 Å². The van der Waals surface area contributed by atoms with E-state index in [2.05, 4.69) is 58.8 Å². The SMILES string of the molecule is CCCC#Cc1c(-c2ccc(CNC(C)C(F)(F)F)cn2)n(CC2CC2)c2cc(C)ccc12. The highest BCUT2D eigenvalue weighted by molar-refractivity contribution is 5.94. The average molecular weight is 454 g/mol. The molecule has 174 valence electrons. The summed E-state index contributed by atoms with van der Waals surface area (Å²) in [6.45, 7) is 6.38. The average Bonchev–Trinajstić information content (AvgIpc) is 3.55. The molecule has 1 saturated carbocycles. The molecular weight excluding hydrogens is 423 g/mol. The number of unbranched alkanes of at least 4 members (excludes halogenated alkanes) is 1. The largest absolute Gasteiger partial charge is 0.403 e. The zero-order valence-electron chi connectivity index (χ0n) is 19.4. The number of halogens is 3. The van der Waals surface area contributed by atoms with E-state index in [1.54, 1.807) is 6.20 Å². The molecule has 0 aliphatic heterocycles. The predicted molar refractivity (Wildman–Crippen MR) is 127 cm³/mol. The van der Waals surface area contributed by atoms with Crippen molar-refractivity contribution in [3.63, 3.8) is 0 Å². The topological polar surface area (TPSA) is 29.9 Å². The van der Waals surface area contributed by atoms with Gasteiger partial charge in [0.05, 0.1) is 22.5 Å². The molecule has 0 radical (unpaired) electrons. The number of pyridine rings is 1. The summed E-state index contributed by atoms with van der Waals surface area (Å²) in [5.41, 5.74) is 5.89. The van der Waals surface area contributed by atoms with Crippen molar-refractivity contribution in [2.45, 2.75) is 71.8 Å². The van der Waals surface area contributed by atoms with E-state index in [9.17, 15) is 13.2 Å². The third-order valence-corrected chi connectivity index (χ3v) is 6.12. The molecule has 1 aromatic carbocycles. The van der Waals surface area contributed by atoms with Crippen LogP contribution in [0.4, 0.5) is 13.2 Å². The normalized spacial score (nSPS) is 14.8. The molecule has 0 saturated heterocycles. The minimum absolute atomic E-state index is 0.112. The Morgan fingerprint density at radius 3 is 2.64 bits per heavy atom. The van der Waals surface area contributed by atoms with Crippen LogP contribution in [0.2, 0.25) is 0 Å². The molecule has 1 N–H and O–H groups in total. The van der Waals surface area contributed by atoms with Gasteiger partial charge in [0.25, 0.3) is 0 Å². The third kappa shape index (κ3) is 5.42. The third-order valence-electron chi connectivity index (χ3n) is 6.12. The summed E-state index contributed by atoms with van der Waals surface area (Å²) < 4.78 is 40.7. The van der Waals surface area contributed by atoms with Gasteiger partial charge in [-0.15, -0.1) is 0 Å². The Morgan fingerprint density at radius 2 is 2.00 bits per heavy atom. The molecule has 4 rings (SSSR count). The van der Waals surface area contributed by atoms with Crippen LogP contribution in [-0.2, 0) is 13.1 Å². The maximum Gasteiger partial charge on any atom is 0.403 e. The number of benzene rings is 1. The van der Waals surface area contributed by atoms with E-state index in [1.807, 2.05) is 12.1 Å². The number of nitrogens with zero attached hydrogens (tertiary/aromatic N) is 2. The van der Waals surface area contributed by atoms with Crippen LogP contribution in [0.1, 0.15) is 56.2 Å². The lowest BCUT2D eigenvalue weighted by Gasteiger charge is -2.17. The summed E-state index contributed by atoms with van der Waals surface area (Å²) in [5, 5.41) is 3.66. The summed E-state index contributed by atoms with van der Waals surface area (Å²) in [6.07, 6.45) is 1.70. The molecule has 1 fully saturated rings. The fraction of sp³-hybridized carbons (Fsp3) is 0.444. The van der Waals surface area contributed by atoms with E-state index in [1.165, 1.54) is 23.9 Å². The number of hydrogen-bond donors (Lipinski definition) is 1. The summed E-state index contributed by atoms with van der Waals surface area (Å²) in [5.74, 6) is 7.38. The van der Waals surface area contributed by atoms with Gasteiger partial charge in [-0.2, -0.15) is 13.2 Å². The van der Waals surface area contributed by atoms with Crippen molar-refractivity contribution in [3.8, 4) is 23.2 Å². The van der Waals surface area contributed by atoms with Crippen LogP contribution in [0, 0.1) is 24.7 Å². The van der Waals surface area contributed by atoms with Crippen molar-refractivity contribution in [2.75, 3.05) is 0 Å². The molecule has 1 aliphatic rings. The van der Waals surface area contributed by atoms with E-state index in [0.717, 1.165) is 48.6 Å². The van der Waals surface area contributed by atoms with Gasteiger partial charge < -0.3 is 9.88 Å². The fourth-order valence-corrected chi connectivity index (χ4v) is 3.93. The molecule has 3 nitrogen and oxygen atoms in total. The molecule has 0 bridgehead atoms. The van der Waals surface area contributed by atoms with E-state index in [4.69, 9.17) is 0 Å². The van der Waals surface area contributed by atoms with E-state index in [-0.39, 0.29) is 6.54 Å². The first-order valence-electron chi connectivity index (χ1n) is 11.6. The monoisotopic (exact) mass is 453 g/mol. The van der Waals surface area contributed by atoms with Crippen LogP contribution >= 0.6 is 0 Å². The lowest BCUT2D eigenvalue weighted by Crippen LogP contribution is -2.39. The molecule has 1 unspecified atom stereocenters. The quantitative estimate of drug-likeness (QED) is 0.408. The number of rotatable bonds is 7. The Bertz CT molecular complexity index is 1180. The van der Waals surface area contributed by atoms with Crippen molar-refractivity contribution < 1.29 is 13.2 Å². The smallest absolute Gasteiger partial charge is 0.338 e. The predicted octanol–water partition coefficient (Wildman–Crippen LogP) is 6.61. The first-order valence-corrected chi connectivity index (χ1v) is 11.6. The van der Waals surface area contributed by atoms with Gasteiger partial charge in [-0.25, -0.2) is 0 Å². The molecule has 2 aromatic heterocycles. The molecule has 3 aromatic rings. The standard InChI is InChI=1S/C27H30F3N3/c1-4-5-6-7-23-22-12-8-18(2)14-25(22)33(17-20-9-10-20)26(23)24-13-11-21(16-32-24)15-31-19(3)27(28,29)30/h8,11-14,16,19-20,31H,4-5,9-10,15,17H2,1-3H3. The maximum absolute atomic E-state index is 12.8. The van der Waals surface area contributed by atoms with Crippen molar-refractivity contribution in [1.29, 1.82) is 0 Å². The Kier molecular flexibility index (Phi) is 6.81. The highest BCUT2D eigenvalue weighted by Crippen LogP contribution is 2.38. The molecule has 2 heterocycles. The van der Waals surface area contributed by atoms with Crippen molar-refractivity contribution in [3.05, 3.63) is 53.2 Å². The first kappa shape index (κ1) is 23.4. The first-order chi connectivity index (χ1) is 15.8. The summed E-state index contributed by atoms with van der Waals surface area (Å²) >= 11 is 0. The Labute approximate surface area is 193 Å². The molecule has 0 amide bonds. The van der Waals surface area contributed by atoms with Gasteiger partial charge in [-0.05, 0) is 62.3 Å². The molecule has 1 atom stereocenters. The second-order valence-electron chi connectivity index (χ2n) is 9.05. The van der Waals surface area contributed by atoms with Gasteiger partial charge in [-0.3, -0.25) is 4.98 Å². The zero-order chi connectivity index (χ0) is 23.6. The van der Waals surface area contributed by atoms with E-state index < -0.39 is 12.2 Å². The van der Waals surface area contributed by atoms with Crippen LogP contribution in [0.5, 0.6) is 0 Å². The summed E-state index contributed by atoms with van der Waals surface area (Å²) in [6, 6.07) is 8.66. The number of aromatic nitrogens is 2. The van der Waals surface area contributed by atoms with Gasteiger partial charge >= 0.3 is 6.18 Å². The van der Waals surface area contributed by atoms with Crippen LogP contribution in [0.15, 0.2) is 36.5 Å². The minimum Gasteiger partial charge on any atom is -0.338 e. The number of fused-ring (bicyclic) bond motifs is 1. The maximum atomic E-state index is 12.8. The van der Waals surface area contributed by atoms with Gasteiger partial charge in [0.1, 0.15) is 6.04 Å². The Morgan fingerprint density at radius 1 is 1.21 bits per heavy atom. The highest BCUT2D eigenvalue weighted by atomic mass is 19.4. The van der Waals surface area contributed by atoms with Crippen molar-refractivity contribution >= 4 is 10.9 Å². The number of nitrogens with one attached hydrogen (secondary N) is 1. The van der Waals surface area contributed by atoms with Gasteiger partial charge in [0, 0.05) is 31.1 Å². The van der Waals surface area contributed by atoms with Crippen LogP contribution < -0.4 is 5.32 Å². The summed E-state index contributed by atoms with van der Waals surface area (Å²) in [7, 11) is 0. The molecule has 6 heteroatoms. The van der Waals surface area contributed by atoms with E-state index >= 15 is 0 Å². The molecule has 33 heavy (non-hydrogen) atoms. The Hall–Kier alpha value is -2.78. The Balaban J connectivity index is 1.74. The lowest BCUT2D eigenvalue weighted by atomic mass is 10.1. The van der Waals surface area contributed by atoms with Gasteiger partial charge in [-0.1, -0.05) is 37.0 Å². The van der Waals surface area contributed by atoms with Gasteiger partial charge in [0.2, 0.25) is 0 Å². The van der Waals surface area contributed by atoms with Crippen LogP contribution in [0.3, 0.4) is 0 Å². The van der Waals surface area contributed by atoms with Crippen molar-refractivity contribution in [2.24, 2.45) is 5.92 Å². The number of alkyl halides is 3. The zero-order valence-corrected chi connectivity index (χ0v) is 19.4. The second kappa shape index (κ2) is 9.61. The number of aryl methyl sites for hydroxylation is 1. The van der Waals surface area contributed by atoms with Crippen LogP contribution in [-0.4, -0.2) is 21.8 Å². The molecular formula is C27H30F3N3. The van der Waals surface area contributed by atoms with Crippen molar-refractivity contribution in [1.82, 2.24) is 14.9 Å². The lowest BCUT2D eigenvalue weighted by molar-refractivity contribution is -0.151. The van der Waals surface area contributed by atoms with Crippen LogP contribution in [0.25, 0.3) is 22.3 Å². The second-order valence-corrected chi connectivity index (χ2v) is 9.05. The molecule has 0 spiro atoms. The number of hydrogen-bond acceptors (Lipinski definition) is 2. The molecule has 1 aliphatic carbocycles. The fourth-order valence-electron chi connectivity index (χ4n) is 3.93.